The van der Waals surface area contributed by atoms with Gasteiger partial charge in [-0.2, -0.15) is 13.2 Å². The predicted octanol–water partition coefficient (Wildman–Crippen LogP) is 0.168. The summed E-state index contributed by atoms with van der Waals surface area (Å²) in [7, 11) is 0. The van der Waals surface area contributed by atoms with Crippen molar-refractivity contribution in [2.24, 2.45) is 0 Å². The van der Waals surface area contributed by atoms with E-state index in [1.54, 1.807) is 12.2 Å². The lowest BCUT2D eigenvalue weighted by molar-refractivity contribution is -0.139. The van der Waals surface area contributed by atoms with Gasteiger partial charge in [-0.3, -0.25) is 14.9 Å². The third-order valence-electron chi connectivity index (χ3n) is 2.10. The van der Waals surface area contributed by atoms with Crippen LogP contribution in [0.5, 0.6) is 0 Å². The van der Waals surface area contributed by atoms with Crippen molar-refractivity contribution < 1.29 is 22.8 Å². The van der Waals surface area contributed by atoms with Gasteiger partial charge in [0.05, 0.1) is 12.1 Å². The number of nitrogens with one attached hydrogen (secondary N) is 3. The van der Waals surface area contributed by atoms with Crippen molar-refractivity contribution in [3.63, 3.8) is 0 Å². The lowest BCUT2D eigenvalue weighted by Crippen LogP contribution is -2.52. The van der Waals surface area contributed by atoms with Crippen molar-refractivity contribution in [3.05, 3.63) is 0 Å². The van der Waals surface area contributed by atoms with Gasteiger partial charge in [0.15, 0.2) is 0 Å². The number of carbonyl (C=O) groups is 2. The molecule has 8 heteroatoms. The molecule has 106 valence electrons. The Kier molecular flexibility index (Phi) is 6.67. The van der Waals surface area contributed by atoms with Gasteiger partial charge in [0, 0.05) is 6.54 Å². The normalized spacial score (nSPS) is 14.8. The molecule has 5 nitrogen and oxygen atoms in total. The van der Waals surface area contributed by atoms with Gasteiger partial charge in [0.1, 0.15) is 6.54 Å². The van der Waals surface area contributed by atoms with Gasteiger partial charge in [-0.05, 0) is 20.8 Å². The van der Waals surface area contributed by atoms with Crippen LogP contribution in [0.1, 0.15) is 20.8 Å². The molecule has 0 bridgehead atoms. The molecule has 0 aliphatic carbocycles. The van der Waals surface area contributed by atoms with E-state index in [0.29, 0.717) is 6.54 Å². The summed E-state index contributed by atoms with van der Waals surface area (Å²) < 4.78 is 35.6. The molecule has 2 unspecified atom stereocenters. The highest BCUT2D eigenvalue weighted by molar-refractivity contribution is 5.84. The van der Waals surface area contributed by atoms with Crippen molar-refractivity contribution in [2.75, 3.05) is 13.1 Å². The van der Waals surface area contributed by atoms with E-state index in [2.05, 4.69) is 10.6 Å². The molecular formula is C10H18F3N3O2. The largest absolute Gasteiger partial charge is 0.405 e. The Balaban J connectivity index is 4.11. The Morgan fingerprint density at radius 1 is 1.06 bits per heavy atom. The zero-order valence-electron chi connectivity index (χ0n) is 10.5. The second-order valence-electron chi connectivity index (χ2n) is 3.84. The second kappa shape index (κ2) is 7.20. The fourth-order valence-electron chi connectivity index (χ4n) is 1.19. The van der Waals surface area contributed by atoms with E-state index >= 15 is 0 Å². The molecule has 3 N–H and O–H groups in total. The molecule has 0 aliphatic heterocycles. The van der Waals surface area contributed by atoms with Gasteiger partial charge in [0.2, 0.25) is 11.8 Å². The van der Waals surface area contributed by atoms with Gasteiger partial charge < -0.3 is 10.6 Å². The van der Waals surface area contributed by atoms with Crippen LogP contribution in [0.3, 0.4) is 0 Å². The van der Waals surface area contributed by atoms with Crippen molar-refractivity contribution >= 4 is 11.8 Å². The fourth-order valence-corrected chi connectivity index (χ4v) is 1.19. The first-order chi connectivity index (χ1) is 8.17. The zero-order valence-corrected chi connectivity index (χ0v) is 10.5. The lowest BCUT2D eigenvalue weighted by Gasteiger charge is -2.19. The predicted molar refractivity (Wildman–Crippen MR) is 59.8 cm³/mol. The van der Waals surface area contributed by atoms with Crippen LogP contribution in [0.2, 0.25) is 0 Å². The molecule has 0 aromatic heterocycles. The first-order valence-corrected chi connectivity index (χ1v) is 5.55. The molecule has 2 amide bonds. The van der Waals surface area contributed by atoms with Crippen LogP contribution in [-0.4, -0.2) is 43.2 Å². The van der Waals surface area contributed by atoms with Gasteiger partial charge in [-0.15, -0.1) is 0 Å². The van der Waals surface area contributed by atoms with Crippen LogP contribution in [0.4, 0.5) is 13.2 Å². The smallest absolute Gasteiger partial charge is 0.355 e. The van der Waals surface area contributed by atoms with E-state index < -0.39 is 30.7 Å². The number of likely N-dealkylation sites (N-methyl/N-ethyl adjacent to an activating group) is 1. The molecule has 0 spiro atoms. The van der Waals surface area contributed by atoms with Crippen LogP contribution >= 0.6 is 0 Å². The summed E-state index contributed by atoms with van der Waals surface area (Å²) in [5, 5.41) is 6.88. The van der Waals surface area contributed by atoms with Crippen LogP contribution in [0.15, 0.2) is 0 Å². The topological polar surface area (TPSA) is 70.2 Å². The monoisotopic (exact) mass is 269 g/mol. The Hall–Kier alpha value is -1.31. The van der Waals surface area contributed by atoms with E-state index in [9.17, 15) is 22.8 Å². The molecule has 0 fully saturated rings. The number of halogens is 3. The van der Waals surface area contributed by atoms with Gasteiger partial charge in [0.25, 0.3) is 0 Å². The van der Waals surface area contributed by atoms with Gasteiger partial charge >= 0.3 is 6.18 Å². The molecule has 0 aromatic rings. The average molecular weight is 269 g/mol. The number of hydrogen-bond acceptors (Lipinski definition) is 3. The molecule has 0 aromatic carbocycles. The van der Waals surface area contributed by atoms with E-state index in [1.807, 2.05) is 0 Å². The minimum atomic E-state index is -4.44. The van der Waals surface area contributed by atoms with Crippen molar-refractivity contribution in [2.45, 2.75) is 39.0 Å². The van der Waals surface area contributed by atoms with E-state index in [1.165, 1.54) is 13.8 Å². The zero-order chi connectivity index (χ0) is 14.3. The minimum Gasteiger partial charge on any atom is -0.355 e. The Labute approximate surface area is 103 Å². The maximum absolute atomic E-state index is 11.9. The molecular weight excluding hydrogens is 251 g/mol. The van der Waals surface area contributed by atoms with E-state index in [0.717, 1.165) is 0 Å². The minimum absolute atomic E-state index is 0.312. The highest BCUT2D eigenvalue weighted by Crippen LogP contribution is 2.12. The first kappa shape index (κ1) is 16.7. The second-order valence-corrected chi connectivity index (χ2v) is 3.84. The summed E-state index contributed by atoms with van der Waals surface area (Å²) in [5.74, 6) is -1.11. The number of alkyl halides is 3. The molecule has 0 rings (SSSR count). The molecule has 0 radical (unpaired) electrons. The molecule has 0 saturated carbocycles. The SMILES string of the molecule is CCNC(=O)C(C)NC(C)C(=O)NCC(F)(F)F. The Morgan fingerprint density at radius 3 is 1.89 bits per heavy atom. The highest BCUT2D eigenvalue weighted by atomic mass is 19.4. The summed E-state index contributed by atoms with van der Waals surface area (Å²) in [6.07, 6.45) is -4.44. The summed E-state index contributed by atoms with van der Waals surface area (Å²) in [6.45, 7) is 3.72. The molecule has 0 aliphatic rings. The van der Waals surface area contributed by atoms with E-state index in [-0.39, 0.29) is 5.91 Å². The van der Waals surface area contributed by atoms with E-state index in [4.69, 9.17) is 0 Å². The Bertz CT molecular complexity index is 295. The standard InChI is InChI=1S/C10H18F3N3O2/c1-4-14-8(17)6(2)16-7(3)9(18)15-5-10(11,12)13/h6-7,16H,4-5H2,1-3H3,(H,14,17)(H,15,18). The van der Waals surface area contributed by atoms with Crippen molar-refractivity contribution in [3.8, 4) is 0 Å². The third kappa shape index (κ3) is 7.10. The number of rotatable bonds is 6. The van der Waals surface area contributed by atoms with Crippen LogP contribution < -0.4 is 16.0 Å². The maximum atomic E-state index is 11.9. The van der Waals surface area contributed by atoms with Crippen molar-refractivity contribution in [1.29, 1.82) is 0 Å². The summed E-state index contributed by atoms with van der Waals surface area (Å²) >= 11 is 0. The fraction of sp³-hybridized carbons (Fsp3) is 0.800. The van der Waals surface area contributed by atoms with Crippen LogP contribution in [0, 0.1) is 0 Å². The molecule has 0 saturated heterocycles. The lowest BCUT2D eigenvalue weighted by atomic mass is 10.2. The summed E-state index contributed by atoms with van der Waals surface area (Å²) in [4.78, 5) is 22.6. The molecule has 0 heterocycles. The van der Waals surface area contributed by atoms with Gasteiger partial charge in [-0.1, -0.05) is 0 Å². The van der Waals surface area contributed by atoms with Crippen LogP contribution in [-0.2, 0) is 9.59 Å². The number of hydrogen-bond donors (Lipinski definition) is 3. The number of amides is 2. The van der Waals surface area contributed by atoms with Gasteiger partial charge in [-0.25, -0.2) is 0 Å². The third-order valence-corrected chi connectivity index (χ3v) is 2.10. The highest BCUT2D eigenvalue weighted by Gasteiger charge is 2.29. The van der Waals surface area contributed by atoms with Crippen LogP contribution in [0.25, 0.3) is 0 Å². The quantitative estimate of drug-likeness (QED) is 0.643. The molecule has 2 atom stereocenters. The summed E-state index contributed by atoms with van der Waals surface area (Å²) in [5.41, 5.74) is 0. The van der Waals surface area contributed by atoms with Crippen molar-refractivity contribution in [1.82, 2.24) is 16.0 Å². The maximum Gasteiger partial charge on any atom is 0.405 e. The first-order valence-electron chi connectivity index (χ1n) is 5.55. The Morgan fingerprint density at radius 2 is 1.50 bits per heavy atom. The molecule has 18 heavy (non-hydrogen) atoms. The average Bonchev–Trinajstić information content (AvgIpc) is 2.24. The summed E-state index contributed by atoms with van der Waals surface area (Å²) in [6, 6.07) is -1.54. The number of carbonyl (C=O) groups excluding carboxylic acids is 2.